The maximum atomic E-state index is 11.5. The topological polar surface area (TPSA) is 41.1 Å². The third-order valence-electron chi connectivity index (χ3n) is 3.54. The Bertz CT molecular complexity index is 401. The molecule has 0 aliphatic heterocycles. The van der Waals surface area contributed by atoms with Crippen LogP contribution in [0, 0.1) is 0 Å². The van der Waals surface area contributed by atoms with Crippen LogP contribution in [0.15, 0.2) is 24.3 Å². The second-order valence-electron chi connectivity index (χ2n) is 5.10. The molecule has 17 heavy (non-hydrogen) atoms. The molecule has 0 saturated heterocycles. The van der Waals surface area contributed by atoms with Gasteiger partial charge in [0.25, 0.3) is 0 Å². The highest BCUT2D eigenvalue weighted by molar-refractivity contribution is 5.78. The summed E-state index contributed by atoms with van der Waals surface area (Å²) in [5.41, 5.74) is 2.85. The van der Waals surface area contributed by atoms with Crippen molar-refractivity contribution >= 4 is 5.91 Å². The molecular weight excluding hydrogens is 212 g/mol. The highest BCUT2D eigenvalue weighted by atomic mass is 16.2. The smallest absolute Gasteiger partial charge is 0.234 e. The van der Waals surface area contributed by atoms with Crippen molar-refractivity contribution in [3.05, 3.63) is 35.4 Å². The summed E-state index contributed by atoms with van der Waals surface area (Å²) in [6, 6.07) is 9.42. The van der Waals surface area contributed by atoms with Crippen LogP contribution < -0.4 is 10.6 Å². The zero-order valence-corrected chi connectivity index (χ0v) is 9.91. The summed E-state index contributed by atoms with van der Waals surface area (Å²) in [5, 5.41) is 6.35. The predicted octanol–water partition coefficient (Wildman–Crippen LogP) is 1.02. The lowest BCUT2D eigenvalue weighted by atomic mass is 10.1. The maximum absolute atomic E-state index is 11.5. The predicted molar refractivity (Wildman–Crippen MR) is 66.8 cm³/mol. The minimum Gasteiger partial charge on any atom is -0.352 e. The van der Waals surface area contributed by atoms with Gasteiger partial charge >= 0.3 is 0 Å². The quantitative estimate of drug-likeness (QED) is 0.811. The molecule has 3 nitrogen and oxygen atoms in total. The molecule has 0 aromatic heterocycles. The number of hydrogen-bond acceptors (Lipinski definition) is 2. The lowest BCUT2D eigenvalue weighted by Crippen LogP contribution is -2.40. The van der Waals surface area contributed by atoms with Crippen molar-refractivity contribution < 1.29 is 4.79 Å². The largest absolute Gasteiger partial charge is 0.352 e. The fourth-order valence-corrected chi connectivity index (χ4v) is 2.45. The van der Waals surface area contributed by atoms with E-state index in [1.54, 1.807) is 0 Å². The van der Waals surface area contributed by atoms with Crippen molar-refractivity contribution in [2.24, 2.45) is 0 Å². The van der Waals surface area contributed by atoms with Crippen LogP contribution in [0.4, 0.5) is 0 Å². The van der Waals surface area contributed by atoms with Gasteiger partial charge in [0.15, 0.2) is 0 Å². The molecule has 3 rings (SSSR count). The summed E-state index contributed by atoms with van der Waals surface area (Å²) >= 11 is 0. The van der Waals surface area contributed by atoms with E-state index in [0.717, 1.165) is 25.7 Å². The van der Waals surface area contributed by atoms with E-state index < -0.39 is 0 Å². The first-order chi connectivity index (χ1) is 8.31. The molecule has 90 valence electrons. The van der Waals surface area contributed by atoms with Crippen molar-refractivity contribution in [1.29, 1.82) is 0 Å². The number of carbonyl (C=O) groups is 1. The molecule has 1 aromatic carbocycles. The number of amides is 1. The first-order valence-corrected chi connectivity index (χ1v) is 6.41. The van der Waals surface area contributed by atoms with Crippen LogP contribution in [0.5, 0.6) is 0 Å². The summed E-state index contributed by atoms with van der Waals surface area (Å²) in [6.07, 6.45) is 4.40. The van der Waals surface area contributed by atoms with Gasteiger partial charge in [-0.1, -0.05) is 24.3 Å². The van der Waals surface area contributed by atoms with Crippen molar-refractivity contribution in [2.45, 2.75) is 37.8 Å². The Hall–Kier alpha value is -1.35. The molecule has 3 heteroatoms. The lowest BCUT2D eigenvalue weighted by Gasteiger charge is -2.11. The van der Waals surface area contributed by atoms with Crippen LogP contribution in [0.1, 0.15) is 24.0 Å². The van der Waals surface area contributed by atoms with E-state index in [1.807, 2.05) is 0 Å². The molecule has 0 heterocycles. The Morgan fingerprint density at radius 2 is 1.76 bits per heavy atom. The van der Waals surface area contributed by atoms with Crippen LogP contribution in [0.3, 0.4) is 0 Å². The summed E-state index contributed by atoms with van der Waals surface area (Å²) in [7, 11) is 0. The van der Waals surface area contributed by atoms with E-state index in [-0.39, 0.29) is 5.91 Å². The monoisotopic (exact) mass is 230 g/mol. The molecule has 1 fully saturated rings. The maximum Gasteiger partial charge on any atom is 0.234 e. The highest BCUT2D eigenvalue weighted by Gasteiger charge is 2.24. The van der Waals surface area contributed by atoms with E-state index in [0.29, 0.717) is 18.6 Å². The van der Waals surface area contributed by atoms with Gasteiger partial charge in [-0.3, -0.25) is 4.79 Å². The van der Waals surface area contributed by atoms with Crippen LogP contribution in [0.2, 0.25) is 0 Å². The molecule has 0 radical (unpaired) electrons. The molecule has 0 spiro atoms. The average molecular weight is 230 g/mol. The Morgan fingerprint density at radius 1 is 1.12 bits per heavy atom. The van der Waals surface area contributed by atoms with Gasteiger partial charge in [0.05, 0.1) is 6.54 Å². The molecule has 1 aromatic rings. The molecule has 2 N–H and O–H groups in total. The zero-order valence-electron chi connectivity index (χ0n) is 9.91. The van der Waals surface area contributed by atoms with Crippen LogP contribution in [-0.2, 0) is 17.6 Å². The van der Waals surface area contributed by atoms with Gasteiger partial charge < -0.3 is 10.6 Å². The lowest BCUT2D eigenvalue weighted by molar-refractivity contribution is -0.120. The van der Waals surface area contributed by atoms with E-state index in [1.165, 1.54) is 11.1 Å². The second-order valence-corrected chi connectivity index (χ2v) is 5.10. The Balaban J connectivity index is 1.47. The number of benzene rings is 1. The standard InChI is InChI=1S/C14H18N2O/c17-14(16-12-5-6-12)9-15-13-7-10-3-1-2-4-11(10)8-13/h1-4,12-13,15H,5-9H2,(H,16,17). The van der Waals surface area contributed by atoms with Gasteiger partial charge in [-0.25, -0.2) is 0 Å². The normalized spacial score (nSPS) is 19.1. The summed E-state index contributed by atoms with van der Waals surface area (Å²) < 4.78 is 0. The van der Waals surface area contributed by atoms with Gasteiger partial charge in [0, 0.05) is 12.1 Å². The second kappa shape index (κ2) is 4.49. The molecule has 1 saturated carbocycles. The first kappa shape index (κ1) is 10.8. The Morgan fingerprint density at radius 3 is 2.35 bits per heavy atom. The van der Waals surface area contributed by atoms with E-state index >= 15 is 0 Å². The van der Waals surface area contributed by atoms with Gasteiger partial charge in [-0.05, 0) is 36.8 Å². The molecular formula is C14H18N2O. The van der Waals surface area contributed by atoms with Crippen LogP contribution in [-0.4, -0.2) is 24.5 Å². The van der Waals surface area contributed by atoms with E-state index in [9.17, 15) is 4.79 Å². The third-order valence-corrected chi connectivity index (χ3v) is 3.54. The van der Waals surface area contributed by atoms with Gasteiger partial charge in [0.1, 0.15) is 0 Å². The van der Waals surface area contributed by atoms with Crippen LogP contribution >= 0.6 is 0 Å². The first-order valence-electron chi connectivity index (χ1n) is 6.41. The number of hydrogen-bond donors (Lipinski definition) is 2. The van der Waals surface area contributed by atoms with Gasteiger partial charge in [-0.2, -0.15) is 0 Å². The summed E-state index contributed by atoms with van der Waals surface area (Å²) in [6.45, 7) is 0.454. The fourth-order valence-electron chi connectivity index (χ4n) is 2.45. The van der Waals surface area contributed by atoms with Gasteiger partial charge in [-0.15, -0.1) is 0 Å². The number of fused-ring (bicyclic) bond motifs is 1. The Labute approximate surface area is 102 Å². The van der Waals surface area contributed by atoms with Crippen molar-refractivity contribution in [1.82, 2.24) is 10.6 Å². The fraction of sp³-hybridized carbons (Fsp3) is 0.500. The molecule has 0 atom stereocenters. The molecule has 2 aliphatic rings. The SMILES string of the molecule is O=C(CNC1Cc2ccccc2C1)NC1CC1. The Kier molecular flexibility index (Phi) is 2.85. The molecule has 0 bridgehead atoms. The molecule has 1 amide bonds. The molecule has 0 unspecified atom stereocenters. The van der Waals surface area contributed by atoms with Gasteiger partial charge in [0.2, 0.25) is 5.91 Å². The highest BCUT2D eigenvalue weighted by Crippen LogP contribution is 2.21. The number of rotatable bonds is 4. The number of carbonyl (C=O) groups excluding carboxylic acids is 1. The average Bonchev–Trinajstić information content (AvgIpc) is 3.03. The summed E-state index contributed by atoms with van der Waals surface area (Å²) in [5.74, 6) is 0.142. The van der Waals surface area contributed by atoms with E-state index in [2.05, 4.69) is 34.9 Å². The number of nitrogens with one attached hydrogen (secondary N) is 2. The summed E-state index contributed by atoms with van der Waals surface area (Å²) in [4.78, 5) is 11.5. The van der Waals surface area contributed by atoms with Crippen LogP contribution in [0.25, 0.3) is 0 Å². The minimum atomic E-state index is 0.142. The minimum absolute atomic E-state index is 0.142. The molecule has 2 aliphatic carbocycles. The van der Waals surface area contributed by atoms with Crippen molar-refractivity contribution in [3.63, 3.8) is 0 Å². The zero-order chi connectivity index (χ0) is 11.7. The van der Waals surface area contributed by atoms with Crippen molar-refractivity contribution in [3.8, 4) is 0 Å². The van der Waals surface area contributed by atoms with Crippen molar-refractivity contribution in [2.75, 3.05) is 6.54 Å². The third kappa shape index (κ3) is 2.67. The van der Waals surface area contributed by atoms with E-state index in [4.69, 9.17) is 0 Å².